The van der Waals surface area contributed by atoms with Gasteiger partial charge in [-0.1, -0.05) is 13.8 Å². The van der Waals surface area contributed by atoms with Gasteiger partial charge in [0.25, 0.3) is 5.91 Å². The van der Waals surface area contributed by atoms with Crippen LogP contribution in [-0.2, 0) is 0 Å². The van der Waals surface area contributed by atoms with Crippen molar-refractivity contribution in [3.63, 3.8) is 0 Å². The summed E-state index contributed by atoms with van der Waals surface area (Å²) in [5.41, 5.74) is 0.718. The Morgan fingerprint density at radius 1 is 1.41 bits per heavy atom. The normalized spacial score (nSPS) is 11.2. The Morgan fingerprint density at radius 2 is 2.06 bits per heavy atom. The van der Waals surface area contributed by atoms with Crippen molar-refractivity contribution in [1.29, 1.82) is 0 Å². The maximum absolute atomic E-state index is 12.0. The molecule has 0 spiro atoms. The minimum Gasteiger partial charge on any atom is -0.351 e. The first-order valence-electron chi connectivity index (χ1n) is 6.07. The van der Waals surface area contributed by atoms with E-state index in [1.807, 2.05) is 16.8 Å². The van der Waals surface area contributed by atoms with Gasteiger partial charge in [-0.15, -0.1) is 0 Å². The fourth-order valence-corrected chi connectivity index (χ4v) is 2.06. The van der Waals surface area contributed by atoms with E-state index < -0.39 is 0 Å². The second kappa shape index (κ2) is 6.24. The predicted octanol–water partition coefficient (Wildman–Crippen LogP) is 3.61. The van der Waals surface area contributed by atoms with E-state index in [-0.39, 0.29) is 11.9 Å². The van der Waals surface area contributed by atoms with Crippen LogP contribution in [0.2, 0.25) is 0 Å². The van der Waals surface area contributed by atoms with Crippen LogP contribution in [0.5, 0.6) is 0 Å². The average molecular weight is 301 g/mol. The third-order valence-corrected chi connectivity index (χ3v) is 3.05. The van der Waals surface area contributed by atoms with Gasteiger partial charge in [-0.25, -0.2) is 0 Å². The van der Waals surface area contributed by atoms with Crippen LogP contribution in [0, 0.1) is 5.92 Å². The molecule has 0 radical (unpaired) electrons. The summed E-state index contributed by atoms with van der Waals surface area (Å²) in [6.45, 7) is 9.17. The van der Waals surface area contributed by atoms with Gasteiger partial charge < -0.3 is 9.88 Å². The monoisotopic (exact) mass is 300 g/mol. The van der Waals surface area contributed by atoms with Crippen molar-refractivity contribution < 1.29 is 4.79 Å². The lowest BCUT2D eigenvalue weighted by Crippen LogP contribution is -2.27. The standard InChI is InChI=1S/C13H21BrN2O/c1-9(2)5-6-15-13(17)12-7-11(14)8-16(12)10(3)4/h7-10H,5-6H2,1-4H3,(H,15,17). The van der Waals surface area contributed by atoms with Crippen LogP contribution in [0.1, 0.15) is 50.6 Å². The number of hydrogen-bond acceptors (Lipinski definition) is 1. The van der Waals surface area contributed by atoms with E-state index >= 15 is 0 Å². The highest BCUT2D eigenvalue weighted by Gasteiger charge is 2.14. The molecule has 0 aliphatic heterocycles. The summed E-state index contributed by atoms with van der Waals surface area (Å²) < 4.78 is 2.93. The van der Waals surface area contributed by atoms with Crippen molar-refractivity contribution in [2.45, 2.75) is 40.2 Å². The molecular weight excluding hydrogens is 280 g/mol. The molecule has 0 aliphatic carbocycles. The molecule has 96 valence electrons. The predicted molar refractivity (Wildman–Crippen MR) is 74.3 cm³/mol. The highest BCUT2D eigenvalue weighted by molar-refractivity contribution is 9.10. The molecule has 1 N–H and O–H groups in total. The van der Waals surface area contributed by atoms with Gasteiger partial charge >= 0.3 is 0 Å². The summed E-state index contributed by atoms with van der Waals surface area (Å²) in [7, 11) is 0. The molecule has 0 bridgehead atoms. The van der Waals surface area contributed by atoms with E-state index in [0.29, 0.717) is 5.92 Å². The van der Waals surface area contributed by atoms with E-state index in [1.54, 1.807) is 0 Å². The Morgan fingerprint density at radius 3 is 2.59 bits per heavy atom. The lowest BCUT2D eigenvalue weighted by molar-refractivity contribution is 0.0941. The number of carbonyl (C=O) groups is 1. The SMILES string of the molecule is CC(C)CCNC(=O)c1cc(Br)cn1C(C)C. The third-order valence-electron chi connectivity index (χ3n) is 2.61. The van der Waals surface area contributed by atoms with Crippen LogP contribution in [0.4, 0.5) is 0 Å². The molecule has 0 atom stereocenters. The zero-order valence-electron chi connectivity index (χ0n) is 11.0. The second-order valence-corrected chi connectivity index (χ2v) is 5.90. The maximum Gasteiger partial charge on any atom is 0.267 e. The van der Waals surface area contributed by atoms with Gasteiger partial charge in [0.05, 0.1) is 0 Å². The number of amides is 1. The first-order valence-corrected chi connectivity index (χ1v) is 6.86. The number of rotatable bonds is 5. The molecule has 3 nitrogen and oxygen atoms in total. The van der Waals surface area contributed by atoms with E-state index in [4.69, 9.17) is 0 Å². The molecule has 4 heteroatoms. The lowest BCUT2D eigenvalue weighted by Gasteiger charge is -2.13. The number of carbonyl (C=O) groups excluding carboxylic acids is 1. The first-order chi connectivity index (χ1) is 7.91. The van der Waals surface area contributed by atoms with Gasteiger partial charge in [0.15, 0.2) is 0 Å². The molecule has 1 amide bonds. The quantitative estimate of drug-likeness (QED) is 0.885. The summed E-state index contributed by atoms with van der Waals surface area (Å²) in [5.74, 6) is 0.615. The molecule has 0 saturated heterocycles. The van der Waals surface area contributed by atoms with Gasteiger partial charge in [-0.2, -0.15) is 0 Å². The minimum absolute atomic E-state index is 0.00468. The van der Waals surface area contributed by atoms with Crippen molar-refractivity contribution in [2.75, 3.05) is 6.54 Å². The van der Waals surface area contributed by atoms with Crippen molar-refractivity contribution in [3.8, 4) is 0 Å². The highest BCUT2D eigenvalue weighted by atomic mass is 79.9. The van der Waals surface area contributed by atoms with Crippen LogP contribution in [0.15, 0.2) is 16.7 Å². The molecule has 0 aromatic carbocycles. The number of hydrogen-bond donors (Lipinski definition) is 1. The molecule has 17 heavy (non-hydrogen) atoms. The van der Waals surface area contributed by atoms with Crippen LogP contribution in [0.25, 0.3) is 0 Å². The number of nitrogens with zero attached hydrogens (tertiary/aromatic N) is 1. The number of aromatic nitrogens is 1. The Kier molecular flexibility index (Phi) is 5.25. The molecular formula is C13H21BrN2O. The van der Waals surface area contributed by atoms with Crippen molar-refractivity contribution in [3.05, 3.63) is 22.4 Å². The molecule has 1 rings (SSSR count). The maximum atomic E-state index is 12.0. The molecule has 1 heterocycles. The van der Waals surface area contributed by atoms with Gasteiger partial charge in [0.2, 0.25) is 0 Å². The fraction of sp³-hybridized carbons (Fsp3) is 0.615. The Hall–Kier alpha value is -0.770. The lowest BCUT2D eigenvalue weighted by atomic mass is 10.1. The minimum atomic E-state index is 0.00468. The molecule has 1 aromatic heterocycles. The largest absolute Gasteiger partial charge is 0.351 e. The van der Waals surface area contributed by atoms with Crippen LogP contribution >= 0.6 is 15.9 Å². The van der Waals surface area contributed by atoms with Crippen molar-refractivity contribution >= 4 is 21.8 Å². The first kappa shape index (κ1) is 14.3. The highest BCUT2D eigenvalue weighted by Crippen LogP contribution is 2.19. The number of nitrogens with one attached hydrogen (secondary N) is 1. The Balaban J connectivity index is 2.68. The van der Waals surface area contributed by atoms with E-state index in [9.17, 15) is 4.79 Å². The summed E-state index contributed by atoms with van der Waals surface area (Å²) in [5, 5.41) is 2.96. The second-order valence-electron chi connectivity index (χ2n) is 4.98. The van der Waals surface area contributed by atoms with Crippen molar-refractivity contribution in [2.24, 2.45) is 5.92 Å². The summed E-state index contributed by atoms with van der Waals surface area (Å²) in [6.07, 6.45) is 2.96. The van der Waals surface area contributed by atoms with Crippen LogP contribution in [-0.4, -0.2) is 17.0 Å². The average Bonchev–Trinajstić information content (AvgIpc) is 2.59. The van der Waals surface area contributed by atoms with Crippen molar-refractivity contribution in [1.82, 2.24) is 9.88 Å². The molecule has 0 aliphatic rings. The van der Waals surface area contributed by atoms with Gasteiger partial charge in [0, 0.05) is 23.3 Å². The summed E-state index contributed by atoms with van der Waals surface area (Å²) in [6, 6.07) is 2.15. The Bertz CT molecular complexity index is 383. The van der Waals surface area contributed by atoms with Crippen LogP contribution in [0.3, 0.4) is 0 Å². The van der Waals surface area contributed by atoms with Crippen LogP contribution < -0.4 is 5.32 Å². The molecule has 0 unspecified atom stereocenters. The molecule has 0 fully saturated rings. The third kappa shape index (κ3) is 4.19. The van der Waals surface area contributed by atoms with Gasteiger partial charge in [-0.3, -0.25) is 4.79 Å². The Labute approximate surface area is 112 Å². The number of halogens is 1. The van der Waals surface area contributed by atoms with Gasteiger partial charge in [0.1, 0.15) is 5.69 Å². The zero-order chi connectivity index (χ0) is 13.0. The van der Waals surface area contributed by atoms with E-state index in [2.05, 4.69) is 48.9 Å². The van der Waals surface area contributed by atoms with E-state index in [1.165, 1.54) is 0 Å². The molecule has 0 saturated carbocycles. The fourth-order valence-electron chi connectivity index (χ4n) is 1.62. The molecule has 1 aromatic rings. The topological polar surface area (TPSA) is 34.0 Å². The summed E-state index contributed by atoms with van der Waals surface area (Å²) in [4.78, 5) is 12.0. The van der Waals surface area contributed by atoms with Gasteiger partial charge in [-0.05, 0) is 48.2 Å². The smallest absolute Gasteiger partial charge is 0.267 e. The summed E-state index contributed by atoms with van der Waals surface area (Å²) >= 11 is 3.41. The van der Waals surface area contributed by atoms with E-state index in [0.717, 1.165) is 23.1 Å². The zero-order valence-corrected chi connectivity index (χ0v) is 12.5.